The standard InChI is InChI=1S/C12H11F3O2S/c13-12(14,15)9-3-1-2-8(6-9)11(16)10-7-18-5-4-17-10/h1-3,6,10H,4-5,7H2. The molecule has 6 heteroatoms. The number of carbonyl (C=O) groups is 1. The van der Waals surface area contributed by atoms with Gasteiger partial charge < -0.3 is 4.74 Å². The fourth-order valence-corrected chi connectivity index (χ4v) is 2.52. The molecule has 1 aromatic rings. The average Bonchev–Trinajstić information content (AvgIpc) is 2.38. The van der Waals surface area contributed by atoms with Gasteiger partial charge >= 0.3 is 6.18 Å². The second kappa shape index (κ2) is 5.32. The second-order valence-electron chi connectivity index (χ2n) is 3.88. The Balaban J connectivity index is 2.20. The number of hydrogen-bond donors (Lipinski definition) is 0. The average molecular weight is 276 g/mol. The van der Waals surface area contributed by atoms with Crippen molar-refractivity contribution in [2.45, 2.75) is 12.3 Å². The van der Waals surface area contributed by atoms with Gasteiger partial charge in [0, 0.05) is 17.1 Å². The fraction of sp³-hybridized carbons (Fsp3) is 0.417. The van der Waals surface area contributed by atoms with Crippen molar-refractivity contribution < 1.29 is 22.7 Å². The largest absolute Gasteiger partial charge is 0.416 e. The molecule has 18 heavy (non-hydrogen) atoms. The second-order valence-corrected chi connectivity index (χ2v) is 5.03. The molecule has 2 nitrogen and oxygen atoms in total. The molecule has 0 amide bonds. The number of halogens is 3. The molecule has 0 spiro atoms. The first-order valence-corrected chi connectivity index (χ1v) is 6.55. The molecule has 1 fully saturated rings. The summed E-state index contributed by atoms with van der Waals surface area (Å²) in [6.45, 7) is 0.458. The summed E-state index contributed by atoms with van der Waals surface area (Å²) in [4.78, 5) is 12.0. The molecular weight excluding hydrogens is 265 g/mol. The van der Waals surface area contributed by atoms with Gasteiger partial charge in [0.25, 0.3) is 0 Å². The van der Waals surface area contributed by atoms with Gasteiger partial charge in [-0.05, 0) is 12.1 Å². The Morgan fingerprint density at radius 3 is 2.78 bits per heavy atom. The molecule has 0 aliphatic carbocycles. The molecule has 1 heterocycles. The molecule has 1 aliphatic heterocycles. The lowest BCUT2D eigenvalue weighted by molar-refractivity contribution is -0.137. The molecule has 0 bridgehead atoms. The van der Waals surface area contributed by atoms with Crippen molar-refractivity contribution >= 4 is 17.5 Å². The Bertz CT molecular complexity index is 439. The van der Waals surface area contributed by atoms with Crippen molar-refractivity contribution in [1.29, 1.82) is 0 Å². The van der Waals surface area contributed by atoms with Crippen molar-refractivity contribution in [3.8, 4) is 0 Å². The van der Waals surface area contributed by atoms with Crippen molar-refractivity contribution in [2.24, 2.45) is 0 Å². The third-order valence-corrected chi connectivity index (χ3v) is 3.58. The minimum absolute atomic E-state index is 0.0531. The summed E-state index contributed by atoms with van der Waals surface area (Å²) in [5.74, 6) is 0.926. The van der Waals surface area contributed by atoms with E-state index in [0.717, 1.165) is 17.9 Å². The summed E-state index contributed by atoms with van der Waals surface area (Å²) < 4.78 is 42.8. The first kappa shape index (κ1) is 13.4. The molecule has 1 aliphatic rings. The maximum absolute atomic E-state index is 12.5. The van der Waals surface area contributed by atoms with Gasteiger partial charge in [-0.15, -0.1) is 0 Å². The van der Waals surface area contributed by atoms with E-state index in [2.05, 4.69) is 0 Å². The highest BCUT2D eigenvalue weighted by atomic mass is 32.2. The normalized spacial score (nSPS) is 20.7. The first-order chi connectivity index (χ1) is 8.48. The van der Waals surface area contributed by atoms with Crippen LogP contribution in [-0.4, -0.2) is 30.0 Å². The first-order valence-electron chi connectivity index (χ1n) is 5.39. The lowest BCUT2D eigenvalue weighted by atomic mass is 10.0. The van der Waals surface area contributed by atoms with E-state index in [4.69, 9.17) is 4.74 Å². The number of Topliss-reactive ketones (excluding diaryl/α,β-unsaturated/α-hetero) is 1. The van der Waals surface area contributed by atoms with Gasteiger partial charge in [0.05, 0.1) is 12.2 Å². The summed E-state index contributed by atoms with van der Waals surface area (Å²) in [7, 11) is 0. The number of thioether (sulfide) groups is 1. The van der Waals surface area contributed by atoms with Gasteiger partial charge in [0.2, 0.25) is 0 Å². The lowest BCUT2D eigenvalue weighted by Crippen LogP contribution is -2.31. The van der Waals surface area contributed by atoms with E-state index in [1.165, 1.54) is 12.1 Å². The number of hydrogen-bond acceptors (Lipinski definition) is 3. The Hall–Kier alpha value is -1.01. The van der Waals surface area contributed by atoms with E-state index in [1.807, 2.05) is 0 Å². The van der Waals surface area contributed by atoms with Crippen molar-refractivity contribution in [2.75, 3.05) is 18.1 Å². The highest BCUT2D eigenvalue weighted by Gasteiger charge is 2.32. The van der Waals surface area contributed by atoms with Crippen LogP contribution in [0.3, 0.4) is 0 Å². The molecule has 1 saturated heterocycles. The molecule has 2 rings (SSSR count). The topological polar surface area (TPSA) is 26.3 Å². The van der Waals surface area contributed by atoms with E-state index in [0.29, 0.717) is 12.4 Å². The molecule has 1 aromatic carbocycles. The van der Waals surface area contributed by atoms with Crippen molar-refractivity contribution in [3.63, 3.8) is 0 Å². The van der Waals surface area contributed by atoms with Crippen molar-refractivity contribution in [1.82, 2.24) is 0 Å². The number of carbonyl (C=O) groups excluding carboxylic acids is 1. The van der Waals surface area contributed by atoms with Crippen LogP contribution in [-0.2, 0) is 10.9 Å². The van der Waals surface area contributed by atoms with Crippen LogP contribution in [0.15, 0.2) is 24.3 Å². The predicted octanol–water partition coefficient (Wildman–Crippen LogP) is 3.02. The minimum atomic E-state index is -4.43. The lowest BCUT2D eigenvalue weighted by Gasteiger charge is -2.21. The third kappa shape index (κ3) is 3.05. The summed E-state index contributed by atoms with van der Waals surface area (Å²) >= 11 is 1.57. The van der Waals surface area contributed by atoms with Crippen LogP contribution in [0.25, 0.3) is 0 Å². The number of benzene rings is 1. The molecule has 0 radical (unpaired) electrons. The van der Waals surface area contributed by atoms with Gasteiger partial charge in [-0.25, -0.2) is 0 Å². The molecule has 98 valence electrons. The SMILES string of the molecule is O=C(c1cccc(C(F)(F)F)c1)C1CSCCO1. The van der Waals surface area contributed by atoms with E-state index >= 15 is 0 Å². The fourth-order valence-electron chi connectivity index (χ4n) is 1.67. The summed E-state index contributed by atoms with van der Waals surface area (Å²) in [5.41, 5.74) is -0.755. The van der Waals surface area contributed by atoms with Crippen LogP contribution in [0.1, 0.15) is 15.9 Å². The van der Waals surface area contributed by atoms with Crippen LogP contribution >= 0.6 is 11.8 Å². The number of alkyl halides is 3. The smallest absolute Gasteiger partial charge is 0.368 e. The Kier molecular flexibility index (Phi) is 3.97. The van der Waals surface area contributed by atoms with Crippen LogP contribution in [0.4, 0.5) is 13.2 Å². The Morgan fingerprint density at radius 1 is 1.39 bits per heavy atom. The van der Waals surface area contributed by atoms with Gasteiger partial charge in [-0.3, -0.25) is 4.79 Å². The molecule has 0 aromatic heterocycles. The molecular formula is C12H11F3O2S. The summed E-state index contributed by atoms with van der Waals surface area (Å²) in [6, 6.07) is 4.46. The van der Waals surface area contributed by atoms with Gasteiger partial charge in [-0.1, -0.05) is 12.1 Å². The highest BCUT2D eigenvalue weighted by molar-refractivity contribution is 7.99. The van der Waals surface area contributed by atoms with E-state index < -0.39 is 17.8 Å². The van der Waals surface area contributed by atoms with Crippen LogP contribution in [0.2, 0.25) is 0 Å². The zero-order chi connectivity index (χ0) is 13.2. The summed E-state index contributed by atoms with van der Waals surface area (Å²) in [5, 5.41) is 0. The van der Waals surface area contributed by atoms with E-state index in [9.17, 15) is 18.0 Å². The van der Waals surface area contributed by atoms with Gasteiger partial charge in [0.1, 0.15) is 6.10 Å². The number of ketones is 1. The predicted molar refractivity (Wildman–Crippen MR) is 62.8 cm³/mol. The number of ether oxygens (including phenoxy) is 1. The molecule has 0 N–H and O–H groups in total. The Labute approximate surface area is 107 Å². The Morgan fingerprint density at radius 2 is 2.17 bits per heavy atom. The van der Waals surface area contributed by atoms with E-state index in [1.54, 1.807) is 11.8 Å². The van der Waals surface area contributed by atoms with Gasteiger partial charge in [-0.2, -0.15) is 24.9 Å². The van der Waals surface area contributed by atoms with Gasteiger partial charge in [0.15, 0.2) is 5.78 Å². The van der Waals surface area contributed by atoms with Crippen LogP contribution in [0, 0.1) is 0 Å². The zero-order valence-corrected chi connectivity index (χ0v) is 10.2. The maximum Gasteiger partial charge on any atom is 0.416 e. The molecule has 1 atom stereocenters. The maximum atomic E-state index is 12.5. The molecule has 0 saturated carbocycles. The quantitative estimate of drug-likeness (QED) is 0.777. The van der Waals surface area contributed by atoms with E-state index in [-0.39, 0.29) is 11.3 Å². The zero-order valence-electron chi connectivity index (χ0n) is 9.37. The minimum Gasteiger partial charge on any atom is -0.368 e. The summed E-state index contributed by atoms with van der Waals surface area (Å²) in [6.07, 6.45) is -5.06. The third-order valence-electron chi connectivity index (χ3n) is 2.58. The highest BCUT2D eigenvalue weighted by Crippen LogP contribution is 2.30. The number of rotatable bonds is 2. The van der Waals surface area contributed by atoms with Crippen molar-refractivity contribution in [3.05, 3.63) is 35.4 Å². The van der Waals surface area contributed by atoms with Crippen LogP contribution in [0.5, 0.6) is 0 Å². The van der Waals surface area contributed by atoms with Crippen LogP contribution < -0.4 is 0 Å². The monoisotopic (exact) mass is 276 g/mol. The molecule has 1 unspecified atom stereocenters.